The molecule has 1 saturated carbocycles. The standard InChI is InChI=1S/C11H21NO2S/c1-10(2,5-6-13)12-9(14)7-11(8-15)3-4-11/h13,15H,3-8H2,1-2H3,(H,12,14). The molecule has 88 valence electrons. The Labute approximate surface area is 97.0 Å². The van der Waals surface area contributed by atoms with Gasteiger partial charge in [-0.05, 0) is 44.3 Å². The van der Waals surface area contributed by atoms with Gasteiger partial charge in [0.15, 0.2) is 0 Å². The molecular weight excluding hydrogens is 210 g/mol. The van der Waals surface area contributed by atoms with Crippen LogP contribution < -0.4 is 5.32 Å². The van der Waals surface area contributed by atoms with Gasteiger partial charge in [-0.2, -0.15) is 12.6 Å². The Morgan fingerprint density at radius 3 is 2.53 bits per heavy atom. The summed E-state index contributed by atoms with van der Waals surface area (Å²) in [6.45, 7) is 3.97. The number of aliphatic hydroxyl groups is 1. The zero-order valence-corrected chi connectivity index (χ0v) is 10.4. The lowest BCUT2D eigenvalue weighted by molar-refractivity contribution is -0.123. The van der Waals surface area contributed by atoms with Gasteiger partial charge >= 0.3 is 0 Å². The molecule has 0 aromatic heterocycles. The molecule has 4 heteroatoms. The van der Waals surface area contributed by atoms with E-state index in [2.05, 4.69) is 17.9 Å². The first kappa shape index (κ1) is 12.8. The van der Waals surface area contributed by atoms with Crippen molar-refractivity contribution in [2.45, 2.75) is 45.1 Å². The summed E-state index contributed by atoms with van der Waals surface area (Å²) in [7, 11) is 0. The summed E-state index contributed by atoms with van der Waals surface area (Å²) in [6, 6.07) is 0. The number of hydrogen-bond acceptors (Lipinski definition) is 3. The highest BCUT2D eigenvalue weighted by Gasteiger charge is 2.43. The topological polar surface area (TPSA) is 49.3 Å². The van der Waals surface area contributed by atoms with Gasteiger partial charge in [-0.15, -0.1) is 0 Å². The molecule has 0 atom stereocenters. The van der Waals surface area contributed by atoms with Crippen LogP contribution in [0.2, 0.25) is 0 Å². The van der Waals surface area contributed by atoms with Crippen molar-refractivity contribution in [3.63, 3.8) is 0 Å². The van der Waals surface area contributed by atoms with Crippen LogP contribution in [0.5, 0.6) is 0 Å². The second kappa shape index (κ2) is 4.74. The van der Waals surface area contributed by atoms with Crippen LogP contribution in [0.25, 0.3) is 0 Å². The van der Waals surface area contributed by atoms with Crippen molar-refractivity contribution in [2.24, 2.45) is 5.41 Å². The van der Waals surface area contributed by atoms with Crippen molar-refractivity contribution in [3.8, 4) is 0 Å². The van der Waals surface area contributed by atoms with Crippen molar-refractivity contribution in [1.29, 1.82) is 0 Å². The third-order valence-corrected chi connectivity index (χ3v) is 3.71. The second-order valence-corrected chi connectivity index (χ2v) is 5.56. The number of amides is 1. The first-order valence-corrected chi connectivity index (χ1v) is 6.09. The van der Waals surface area contributed by atoms with Crippen LogP contribution in [-0.4, -0.2) is 28.9 Å². The van der Waals surface area contributed by atoms with Gasteiger partial charge in [0.2, 0.25) is 5.91 Å². The predicted octanol–water partition coefficient (Wildman–Crippen LogP) is 1.36. The molecule has 0 spiro atoms. The molecule has 0 bridgehead atoms. The van der Waals surface area contributed by atoms with Crippen LogP contribution in [0, 0.1) is 5.41 Å². The van der Waals surface area contributed by atoms with Gasteiger partial charge in [-0.1, -0.05) is 0 Å². The molecule has 3 nitrogen and oxygen atoms in total. The maximum atomic E-state index is 11.7. The highest BCUT2D eigenvalue weighted by molar-refractivity contribution is 7.80. The highest BCUT2D eigenvalue weighted by atomic mass is 32.1. The summed E-state index contributed by atoms with van der Waals surface area (Å²) in [5.74, 6) is 0.876. The maximum absolute atomic E-state index is 11.7. The fourth-order valence-electron chi connectivity index (χ4n) is 1.67. The first-order chi connectivity index (χ1) is 6.93. The molecule has 1 rings (SSSR count). The van der Waals surface area contributed by atoms with Crippen LogP contribution in [0.1, 0.15) is 39.5 Å². The van der Waals surface area contributed by atoms with Crippen LogP contribution >= 0.6 is 12.6 Å². The van der Waals surface area contributed by atoms with Crippen LogP contribution in [0.15, 0.2) is 0 Å². The zero-order chi connectivity index (χ0) is 11.5. The molecule has 1 fully saturated rings. The average molecular weight is 231 g/mol. The van der Waals surface area contributed by atoms with Gasteiger partial charge in [0.1, 0.15) is 0 Å². The third-order valence-electron chi connectivity index (χ3n) is 3.04. The number of aliphatic hydroxyl groups excluding tert-OH is 1. The van der Waals surface area contributed by atoms with Crippen molar-refractivity contribution >= 4 is 18.5 Å². The lowest BCUT2D eigenvalue weighted by Crippen LogP contribution is -2.44. The molecule has 0 unspecified atom stereocenters. The Bertz CT molecular complexity index is 237. The summed E-state index contributed by atoms with van der Waals surface area (Å²) in [4.78, 5) is 11.7. The Morgan fingerprint density at radius 2 is 2.13 bits per heavy atom. The fraction of sp³-hybridized carbons (Fsp3) is 0.909. The van der Waals surface area contributed by atoms with E-state index in [1.165, 1.54) is 0 Å². The fourth-order valence-corrected chi connectivity index (χ4v) is 2.10. The molecule has 0 aromatic carbocycles. The number of hydrogen-bond donors (Lipinski definition) is 3. The Hall–Kier alpha value is -0.220. The number of thiol groups is 1. The monoisotopic (exact) mass is 231 g/mol. The molecule has 0 saturated heterocycles. The van der Waals surface area contributed by atoms with Gasteiger partial charge in [0.05, 0.1) is 0 Å². The van der Waals surface area contributed by atoms with Crippen molar-refractivity contribution in [3.05, 3.63) is 0 Å². The molecule has 2 N–H and O–H groups in total. The van der Waals surface area contributed by atoms with E-state index >= 15 is 0 Å². The highest BCUT2D eigenvalue weighted by Crippen LogP contribution is 2.49. The number of carbonyl (C=O) groups excluding carboxylic acids is 1. The second-order valence-electron chi connectivity index (χ2n) is 5.24. The molecule has 0 heterocycles. The molecular formula is C11H21NO2S. The Kier molecular flexibility index (Phi) is 4.06. The van der Waals surface area contributed by atoms with E-state index in [-0.39, 0.29) is 23.5 Å². The molecule has 15 heavy (non-hydrogen) atoms. The van der Waals surface area contributed by atoms with Gasteiger partial charge in [-0.25, -0.2) is 0 Å². The van der Waals surface area contributed by atoms with E-state index in [4.69, 9.17) is 5.11 Å². The number of nitrogens with one attached hydrogen (secondary N) is 1. The van der Waals surface area contributed by atoms with E-state index < -0.39 is 0 Å². The van der Waals surface area contributed by atoms with Crippen molar-refractivity contribution in [2.75, 3.05) is 12.4 Å². The molecule has 1 aliphatic carbocycles. The van der Waals surface area contributed by atoms with Gasteiger partial charge in [0.25, 0.3) is 0 Å². The molecule has 0 radical (unpaired) electrons. The Morgan fingerprint density at radius 1 is 1.53 bits per heavy atom. The summed E-state index contributed by atoms with van der Waals surface area (Å²) < 4.78 is 0. The van der Waals surface area contributed by atoms with E-state index in [0.29, 0.717) is 12.8 Å². The summed E-state index contributed by atoms with van der Waals surface area (Å²) in [5, 5.41) is 11.8. The molecule has 0 aliphatic heterocycles. The average Bonchev–Trinajstić information content (AvgIpc) is 2.83. The quantitative estimate of drug-likeness (QED) is 0.605. The molecule has 1 aliphatic rings. The zero-order valence-electron chi connectivity index (χ0n) is 9.55. The third kappa shape index (κ3) is 4.03. The van der Waals surface area contributed by atoms with Crippen LogP contribution in [0.4, 0.5) is 0 Å². The Balaban J connectivity index is 2.35. The molecule has 1 amide bonds. The lowest BCUT2D eigenvalue weighted by Gasteiger charge is -2.26. The summed E-state index contributed by atoms with van der Waals surface area (Å²) in [6.07, 6.45) is 3.40. The number of carbonyl (C=O) groups is 1. The van der Waals surface area contributed by atoms with E-state index in [0.717, 1.165) is 18.6 Å². The van der Waals surface area contributed by atoms with Gasteiger partial charge in [0, 0.05) is 18.6 Å². The minimum atomic E-state index is -0.307. The van der Waals surface area contributed by atoms with Gasteiger partial charge < -0.3 is 10.4 Å². The lowest BCUT2D eigenvalue weighted by atomic mass is 9.99. The van der Waals surface area contributed by atoms with E-state index in [1.54, 1.807) is 0 Å². The van der Waals surface area contributed by atoms with Gasteiger partial charge in [-0.3, -0.25) is 4.79 Å². The van der Waals surface area contributed by atoms with Crippen molar-refractivity contribution < 1.29 is 9.90 Å². The SMILES string of the molecule is CC(C)(CCO)NC(=O)CC1(CS)CC1. The van der Waals surface area contributed by atoms with E-state index in [1.807, 2.05) is 13.8 Å². The summed E-state index contributed by atoms with van der Waals surface area (Å²) >= 11 is 4.27. The first-order valence-electron chi connectivity index (χ1n) is 5.46. The number of rotatable bonds is 6. The normalized spacial score (nSPS) is 18.7. The van der Waals surface area contributed by atoms with Crippen LogP contribution in [-0.2, 0) is 4.79 Å². The summed E-state index contributed by atoms with van der Waals surface area (Å²) in [5.41, 5.74) is -0.138. The smallest absolute Gasteiger partial charge is 0.220 e. The van der Waals surface area contributed by atoms with Crippen LogP contribution in [0.3, 0.4) is 0 Å². The molecule has 0 aromatic rings. The maximum Gasteiger partial charge on any atom is 0.220 e. The minimum absolute atomic E-state index is 0.0833. The largest absolute Gasteiger partial charge is 0.396 e. The minimum Gasteiger partial charge on any atom is -0.396 e. The predicted molar refractivity (Wildman–Crippen MR) is 64.1 cm³/mol. The van der Waals surface area contributed by atoms with Crippen molar-refractivity contribution in [1.82, 2.24) is 5.32 Å². The van der Waals surface area contributed by atoms with E-state index in [9.17, 15) is 4.79 Å².